The lowest BCUT2D eigenvalue weighted by atomic mass is 9.86. The van der Waals surface area contributed by atoms with Crippen LogP contribution >= 0.6 is 0 Å². The van der Waals surface area contributed by atoms with E-state index in [2.05, 4.69) is 10.6 Å². The summed E-state index contributed by atoms with van der Waals surface area (Å²) in [5.41, 5.74) is 1.87. The van der Waals surface area contributed by atoms with Crippen molar-refractivity contribution in [3.8, 4) is 5.75 Å². The first-order valence-electron chi connectivity index (χ1n) is 9.67. The number of carbonyl (C=O) groups is 2. The molecular formula is C22H26N2O5. The van der Waals surface area contributed by atoms with Crippen LogP contribution in [0, 0.1) is 11.8 Å². The van der Waals surface area contributed by atoms with Crippen molar-refractivity contribution in [3.05, 3.63) is 54.1 Å². The van der Waals surface area contributed by atoms with Gasteiger partial charge in [-0.05, 0) is 43.0 Å². The second kappa shape index (κ2) is 9.93. The van der Waals surface area contributed by atoms with Crippen LogP contribution in [-0.2, 0) is 9.53 Å². The minimum atomic E-state index is -0.889. The van der Waals surface area contributed by atoms with E-state index >= 15 is 0 Å². The second-order valence-electron chi connectivity index (χ2n) is 7.01. The maximum atomic E-state index is 12.8. The molecule has 29 heavy (non-hydrogen) atoms. The first-order valence-corrected chi connectivity index (χ1v) is 9.67. The van der Waals surface area contributed by atoms with Crippen LogP contribution in [0.5, 0.6) is 5.75 Å². The zero-order chi connectivity index (χ0) is 20.6. The summed E-state index contributed by atoms with van der Waals surface area (Å²) in [4.78, 5) is 24.5. The van der Waals surface area contributed by atoms with Gasteiger partial charge < -0.3 is 25.2 Å². The molecule has 3 N–H and O–H groups in total. The summed E-state index contributed by atoms with van der Waals surface area (Å²) < 4.78 is 10.5. The molecule has 3 rings (SSSR count). The molecule has 0 aliphatic carbocycles. The number of carboxylic acid groups (broad SMARTS) is 1. The Labute approximate surface area is 170 Å². The Morgan fingerprint density at radius 3 is 2.66 bits per heavy atom. The molecule has 0 radical (unpaired) electrons. The van der Waals surface area contributed by atoms with Crippen molar-refractivity contribution < 1.29 is 24.2 Å². The molecule has 2 aromatic rings. The van der Waals surface area contributed by atoms with Crippen LogP contribution in [0.2, 0.25) is 0 Å². The summed E-state index contributed by atoms with van der Waals surface area (Å²) >= 11 is 0. The number of methoxy groups -OCH3 is 1. The Balaban J connectivity index is 1.69. The van der Waals surface area contributed by atoms with E-state index in [1.54, 1.807) is 19.2 Å². The van der Waals surface area contributed by atoms with E-state index in [9.17, 15) is 14.7 Å². The van der Waals surface area contributed by atoms with Crippen LogP contribution in [0.15, 0.2) is 48.5 Å². The van der Waals surface area contributed by atoms with Crippen molar-refractivity contribution >= 4 is 23.3 Å². The van der Waals surface area contributed by atoms with Crippen LogP contribution in [-0.4, -0.2) is 43.9 Å². The maximum Gasteiger partial charge on any atom is 0.308 e. The van der Waals surface area contributed by atoms with Gasteiger partial charge in [-0.2, -0.15) is 0 Å². The summed E-state index contributed by atoms with van der Waals surface area (Å²) in [6, 6.07) is 14.5. The van der Waals surface area contributed by atoms with Crippen molar-refractivity contribution in [3.63, 3.8) is 0 Å². The molecule has 1 fully saturated rings. The van der Waals surface area contributed by atoms with Gasteiger partial charge in [0.15, 0.2) is 0 Å². The Hall–Kier alpha value is -3.06. The fourth-order valence-corrected chi connectivity index (χ4v) is 3.52. The predicted molar refractivity (Wildman–Crippen MR) is 110 cm³/mol. The van der Waals surface area contributed by atoms with E-state index in [4.69, 9.17) is 9.47 Å². The Bertz CT molecular complexity index is 849. The number of carboxylic acids is 1. The molecule has 7 nitrogen and oxygen atoms in total. The lowest BCUT2D eigenvalue weighted by molar-refractivity contribution is -0.144. The molecule has 2 aromatic carbocycles. The number of benzene rings is 2. The quantitative estimate of drug-likeness (QED) is 0.631. The molecular weight excluding hydrogens is 372 g/mol. The van der Waals surface area contributed by atoms with Gasteiger partial charge in [-0.25, -0.2) is 0 Å². The van der Waals surface area contributed by atoms with Crippen LogP contribution in [0.3, 0.4) is 0 Å². The van der Waals surface area contributed by atoms with Crippen LogP contribution in [0.1, 0.15) is 23.2 Å². The molecule has 0 spiro atoms. The lowest BCUT2D eigenvalue weighted by Gasteiger charge is -2.27. The number of rotatable bonds is 8. The van der Waals surface area contributed by atoms with E-state index in [1.807, 2.05) is 36.4 Å². The Morgan fingerprint density at radius 2 is 1.93 bits per heavy atom. The fraction of sp³-hybridized carbons (Fsp3) is 0.364. The highest BCUT2D eigenvalue weighted by Crippen LogP contribution is 2.26. The minimum absolute atomic E-state index is 0.00621. The average molecular weight is 398 g/mol. The van der Waals surface area contributed by atoms with E-state index in [-0.39, 0.29) is 18.4 Å². The molecule has 1 aliphatic heterocycles. The van der Waals surface area contributed by atoms with Gasteiger partial charge in [0.25, 0.3) is 5.91 Å². The lowest BCUT2D eigenvalue weighted by Crippen LogP contribution is -2.39. The summed E-state index contributed by atoms with van der Waals surface area (Å²) in [6.45, 7) is 1.22. The van der Waals surface area contributed by atoms with Gasteiger partial charge in [0.1, 0.15) is 5.75 Å². The number of nitrogens with one attached hydrogen (secondary N) is 2. The fourth-order valence-electron chi connectivity index (χ4n) is 3.52. The molecule has 1 unspecified atom stereocenters. The smallest absolute Gasteiger partial charge is 0.308 e. The molecule has 7 heteroatoms. The number of ether oxygens (including phenoxy) is 2. The Kier molecular flexibility index (Phi) is 7.08. The number of anilines is 2. The minimum Gasteiger partial charge on any atom is -0.497 e. The highest BCUT2D eigenvalue weighted by molar-refractivity contribution is 6.00. The number of hydrogen-bond acceptors (Lipinski definition) is 5. The molecule has 1 amide bonds. The second-order valence-corrected chi connectivity index (χ2v) is 7.01. The zero-order valence-corrected chi connectivity index (χ0v) is 16.4. The van der Waals surface area contributed by atoms with Gasteiger partial charge in [-0.3, -0.25) is 9.59 Å². The van der Waals surface area contributed by atoms with Gasteiger partial charge >= 0.3 is 5.97 Å². The molecule has 154 valence electrons. The van der Waals surface area contributed by atoms with Crippen LogP contribution in [0.25, 0.3) is 0 Å². The first kappa shape index (κ1) is 20.7. The van der Waals surface area contributed by atoms with Gasteiger partial charge in [0, 0.05) is 31.5 Å². The topological polar surface area (TPSA) is 96.9 Å². The third-order valence-electron chi connectivity index (χ3n) is 5.16. The van der Waals surface area contributed by atoms with Crippen LogP contribution in [0.4, 0.5) is 11.4 Å². The highest BCUT2D eigenvalue weighted by atomic mass is 16.5. The van der Waals surface area contributed by atoms with Gasteiger partial charge in [0.2, 0.25) is 0 Å². The monoisotopic (exact) mass is 398 g/mol. The maximum absolute atomic E-state index is 12.8. The van der Waals surface area contributed by atoms with Gasteiger partial charge in [-0.15, -0.1) is 0 Å². The highest BCUT2D eigenvalue weighted by Gasteiger charge is 2.30. The zero-order valence-electron chi connectivity index (χ0n) is 16.4. The summed E-state index contributed by atoms with van der Waals surface area (Å²) in [6.07, 6.45) is 1.39. The summed E-state index contributed by atoms with van der Waals surface area (Å²) in [5.74, 6) is -1.11. The van der Waals surface area contributed by atoms with Gasteiger partial charge in [-0.1, -0.05) is 18.2 Å². The van der Waals surface area contributed by atoms with E-state index in [1.165, 1.54) is 0 Å². The van der Waals surface area contributed by atoms with Gasteiger partial charge in [0.05, 0.1) is 24.3 Å². The number of hydrogen-bond donors (Lipinski definition) is 3. The average Bonchev–Trinajstić information content (AvgIpc) is 2.75. The molecule has 0 aromatic heterocycles. The number of aliphatic carboxylic acids is 1. The van der Waals surface area contributed by atoms with Crippen molar-refractivity contribution in [2.24, 2.45) is 11.8 Å². The molecule has 1 aliphatic rings. The molecule has 1 atom stereocenters. The molecule has 1 saturated heterocycles. The molecule has 0 saturated carbocycles. The number of carbonyl (C=O) groups excluding carboxylic acids is 1. The predicted octanol–water partition coefficient (Wildman–Crippen LogP) is 3.30. The normalized spacial score (nSPS) is 15.3. The van der Waals surface area contributed by atoms with E-state index in [0.29, 0.717) is 43.1 Å². The van der Waals surface area contributed by atoms with Crippen LogP contribution < -0.4 is 15.4 Å². The standard InChI is InChI=1S/C22H26N2O5/c1-28-17-6-4-5-16(13-17)24-20-8-3-2-7-18(20)21(25)23-14-19(22(26)27)15-9-11-29-12-10-15/h2-8,13,15,19,24H,9-12,14H2,1H3,(H,23,25)(H,26,27). The van der Waals surface area contributed by atoms with Crippen molar-refractivity contribution in [2.45, 2.75) is 12.8 Å². The number of para-hydroxylation sites is 1. The number of amides is 1. The summed E-state index contributed by atoms with van der Waals surface area (Å²) in [5, 5.41) is 15.6. The van der Waals surface area contributed by atoms with E-state index < -0.39 is 11.9 Å². The molecule has 0 bridgehead atoms. The first-order chi connectivity index (χ1) is 14.1. The summed E-state index contributed by atoms with van der Waals surface area (Å²) in [7, 11) is 1.60. The third-order valence-corrected chi connectivity index (χ3v) is 5.16. The van der Waals surface area contributed by atoms with E-state index in [0.717, 1.165) is 5.69 Å². The largest absolute Gasteiger partial charge is 0.497 e. The Morgan fingerprint density at radius 1 is 1.17 bits per heavy atom. The van der Waals surface area contributed by atoms with Crippen molar-refractivity contribution in [2.75, 3.05) is 32.2 Å². The van der Waals surface area contributed by atoms with Crippen molar-refractivity contribution in [1.29, 1.82) is 0 Å². The SMILES string of the molecule is COc1cccc(Nc2ccccc2C(=O)NCC(C(=O)O)C2CCOCC2)c1. The third kappa shape index (κ3) is 5.48. The van der Waals surface area contributed by atoms with Crippen molar-refractivity contribution in [1.82, 2.24) is 5.32 Å². The molecule has 1 heterocycles.